The zero-order valence-electron chi connectivity index (χ0n) is 11.6. The Hall–Kier alpha value is -1.23. The lowest BCUT2D eigenvalue weighted by molar-refractivity contribution is -0.121. The Labute approximate surface area is 123 Å². The highest BCUT2D eigenvalue weighted by atomic mass is 79.9. The zero-order valence-corrected chi connectivity index (χ0v) is 13.2. The van der Waals surface area contributed by atoms with Crippen molar-refractivity contribution in [2.45, 2.75) is 32.7 Å². The number of carbonyl (C=O) groups excluding carboxylic acids is 1. The molecule has 1 atom stereocenters. The molecule has 0 radical (unpaired) electrons. The molecule has 0 heterocycles. The lowest BCUT2D eigenvalue weighted by Gasteiger charge is -2.17. The van der Waals surface area contributed by atoms with Crippen molar-refractivity contribution in [1.82, 2.24) is 5.32 Å². The van der Waals surface area contributed by atoms with Crippen molar-refractivity contribution in [2.75, 3.05) is 19.0 Å². The van der Waals surface area contributed by atoms with Crippen LogP contribution in [0.4, 0.5) is 5.69 Å². The van der Waals surface area contributed by atoms with Crippen molar-refractivity contribution < 1.29 is 9.53 Å². The Bertz CT molecular complexity index is 424. The smallest absolute Gasteiger partial charge is 0.242 e. The maximum atomic E-state index is 11.9. The van der Waals surface area contributed by atoms with Crippen molar-refractivity contribution in [2.24, 2.45) is 0 Å². The van der Waals surface area contributed by atoms with Crippen LogP contribution in [0.3, 0.4) is 0 Å². The number of anilines is 1. The van der Waals surface area contributed by atoms with Gasteiger partial charge in [0.25, 0.3) is 0 Å². The molecule has 1 aromatic carbocycles. The zero-order chi connectivity index (χ0) is 14.3. The van der Waals surface area contributed by atoms with E-state index in [1.165, 1.54) is 0 Å². The monoisotopic (exact) mass is 328 g/mol. The number of methoxy groups -OCH3 is 1. The Morgan fingerprint density at radius 1 is 1.47 bits per heavy atom. The Morgan fingerprint density at radius 3 is 2.84 bits per heavy atom. The summed E-state index contributed by atoms with van der Waals surface area (Å²) in [6.45, 7) is 4.65. The van der Waals surface area contributed by atoms with Crippen LogP contribution >= 0.6 is 15.9 Å². The molecule has 0 aromatic heterocycles. The van der Waals surface area contributed by atoms with Crippen LogP contribution in [-0.2, 0) is 4.79 Å². The fourth-order valence-electron chi connectivity index (χ4n) is 1.63. The second kappa shape index (κ2) is 8.04. The van der Waals surface area contributed by atoms with E-state index in [1.54, 1.807) is 7.11 Å². The minimum Gasteiger partial charge on any atom is -0.495 e. The third-order valence-corrected chi connectivity index (χ3v) is 3.25. The summed E-state index contributed by atoms with van der Waals surface area (Å²) in [5.41, 5.74) is 0.801. The number of hydrogen-bond acceptors (Lipinski definition) is 3. The molecule has 0 aliphatic heterocycles. The quantitative estimate of drug-likeness (QED) is 0.756. The van der Waals surface area contributed by atoms with Crippen LogP contribution in [-0.4, -0.2) is 25.6 Å². The standard InChI is InChI=1S/C14H21BrN2O2/c1-4-5-8-16-14(18)10(2)17-12-9-11(15)6-7-13(12)19-3/h6-7,9-10,17H,4-5,8H2,1-3H3,(H,16,18). The summed E-state index contributed by atoms with van der Waals surface area (Å²) in [4.78, 5) is 11.9. The summed E-state index contributed by atoms with van der Waals surface area (Å²) in [5, 5.41) is 6.06. The Kier molecular flexibility index (Phi) is 6.70. The van der Waals surface area contributed by atoms with E-state index in [0.29, 0.717) is 0 Å². The van der Waals surface area contributed by atoms with E-state index < -0.39 is 0 Å². The van der Waals surface area contributed by atoms with Gasteiger partial charge in [0.05, 0.1) is 12.8 Å². The minimum atomic E-state index is -0.306. The molecule has 0 aliphatic rings. The molecule has 1 amide bonds. The van der Waals surface area contributed by atoms with Crippen molar-refractivity contribution >= 4 is 27.5 Å². The molecule has 106 valence electrons. The van der Waals surface area contributed by atoms with Crippen LogP contribution < -0.4 is 15.4 Å². The predicted octanol–water partition coefficient (Wildman–Crippen LogP) is 3.17. The first-order valence-electron chi connectivity index (χ1n) is 6.46. The van der Waals surface area contributed by atoms with Crippen LogP contribution in [0.15, 0.2) is 22.7 Å². The summed E-state index contributed by atoms with van der Waals surface area (Å²) in [6, 6.07) is 5.35. The molecular formula is C14H21BrN2O2. The van der Waals surface area contributed by atoms with Gasteiger partial charge in [0.1, 0.15) is 11.8 Å². The maximum absolute atomic E-state index is 11.9. The number of unbranched alkanes of at least 4 members (excludes halogenated alkanes) is 1. The van der Waals surface area contributed by atoms with Gasteiger partial charge in [0, 0.05) is 11.0 Å². The molecule has 5 heteroatoms. The third-order valence-electron chi connectivity index (χ3n) is 2.76. The maximum Gasteiger partial charge on any atom is 0.242 e. The van der Waals surface area contributed by atoms with Crippen molar-refractivity contribution in [3.8, 4) is 5.75 Å². The summed E-state index contributed by atoms with van der Waals surface area (Å²) in [6.07, 6.45) is 2.07. The van der Waals surface area contributed by atoms with Gasteiger partial charge < -0.3 is 15.4 Å². The van der Waals surface area contributed by atoms with Crippen LogP contribution in [0.2, 0.25) is 0 Å². The normalized spacial score (nSPS) is 11.8. The number of benzene rings is 1. The molecule has 2 N–H and O–H groups in total. The van der Waals surface area contributed by atoms with Gasteiger partial charge >= 0.3 is 0 Å². The number of carbonyl (C=O) groups is 1. The number of ether oxygens (including phenoxy) is 1. The van der Waals surface area contributed by atoms with E-state index in [1.807, 2.05) is 25.1 Å². The molecular weight excluding hydrogens is 308 g/mol. The van der Waals surface area contributed by atoms with Gasteiger partial charge in [-0.15, -0.1) is 0 Å². The van der Waals surface area contributed by atoms with Crippen LogP contribution in [0.5, 0.6) is 5.75 Å². The fourth-order valence-corrected chi connectivity index (χ4v) is 1.99. The number of halogens is 1. The van der Waals surface area contributed by atoms with E-state index in [0.717, 1.165) is 35.3 Å². The summed E-state index contributed by atoms with van der Waals surface area (Å²) < 4.78 is 6.20. The van der Waals surface area contributed by atoms with Crippen molar-refractivity contribution in [3.63, 3.8) is 0 Å². The van der Waals surface area contributed by atoms with Crippen LogP contribution in [0.25, 0.3) is 0 Å². The second-order valence-electron chi connectivity index (χ2n) is 4.36. The average molecular weight is 329 g/mol. The summed E-state index contributed by atoms with van der Waals surface area (Å²) in [5.74, 6) is 0.715. The molecule has 4 nitrogen and oxygen atoms in total. The first-order chi connectivity index (χ1) is 9.08. The molecule has 0 spiro atoms. The largest absolute Gasteiger partial charge is 0.495 e. The number of rotatable bonds is 7. The van der Waals surface area contributed by atoms with Gasteiger partial charge in [-0.3, -0.25) is 4.79 Å². The first kappa shape index (κ1) is 15.8. The molecule has 0 aliphatic carbocycles. The first-order valence-corrected chi connectivity index (χ1v) is 7.25. The lowest BCUT2D eigenvalue weighted by Crippen LogP contribution is -2.38. The number of amides is 1. The van der Waals surface area contributed by atoms with Crippen molar-refractivity contribution in [3.05, 3.63) is 22.7 Å². The Morgan fingerprint density at radius 2 is 2.21 bits per heavy atom. The molecule has 0 saturated heterocycles. The summed E-state index contributed by atoms with van der Waals surface area (Å²) >= 11 is 3.41. The molecule has 1 unspecified atom stereocenters. The molecule has 1 rings (SSSR count). The van der Waals surface area contributed by atoms with Gasteiger partial charge in [0.15, 0.2) is 0 Å². The molecule has 19 heavy (non-hydrogen) atoms. The molecule has 0 bridgehead atoms. The van der Waals surface area contributed by atoms with E-state index in [2.05, 4.69) is 33.5 Å². The fraction of sp³-hybridized carbons (Fsp3) is 0.500. The molecule has 1 aromatic rings. The van der Waals surface area contributed by atoms with Crippen LogP contribution in [0, 0.1) is 0 Å². The predicted molar refractivity (Wildman–Crippen MR) is 81.7 cm³/mol. The molecule has 0 fully saturated rings. The van der Waals surface area contributed by atoms with Gasteiger partial charge in [-0.25, -0.2) is 0 Å². The summed E-state index contributed by atoms with van der Waals surface area (Å²) in [7, 11) is 1.61. The topological polar surface area (TPSA) is 50.4 Å². The van der Waals surface area contributed by atoms with Gasteiger partial charge in [-0.1, -0.05) is 29.3 Å². The highest BCUT2D eigenvalue weighted by Gasteiger charge is 2.14. The Balaban J connectivity index is 2.62. The minimum absolute atomic E-state index is 0.00419. The van der Waals surface area contributed by atoms with Crippen molar-refractivity contribution in [1.29, 1.82) is 0 Å². The van der Waals surface area contributed by atoms with E-state index in [9.17, 15) is 4.79 Å². The molecule has 0 saturated carbocycles. The third kappa shape index (κ3) is 5.11. The number of nitrogens with one attached hydrogen (secondary N) is 2. The van der Waals surface area contributed by atoms with Crippen LogP contribution in [0.1, 0.15) is 26.7 Å². The highest BCUT2D eigenvalue weighted by molar-refractivity contribution is 9.10. The highest BCUT2D eigenvalue weighted by Crippen LogP contribution is 2.28. The lowest BCUT2D eigenvalue weighted by atomic mass is 10.2. The van der Waals surface area contributed by atoms with E-state index in [-0.39, 0.29) is 11.9 Å². The second-order valence-corrected chi connectivity index (χ2v) is 5.27. The van der Waals surface area contributed by atoms with E-state index >= 15 is 0 Å². The average Bonchev–Trinajstić information content (AvgIpc) is 2.39. The SMILES string of the molecule is CCCCNC(=O)C(C)Nc1cc(Br)ccc1OC. The van der Waals surface area contributed by atoms with Gasteiger partial charge in [-0.2, -0.15) is 0 Å². The van der Waals surface area contributed by atoms with Gasteiger partial charge in [-0.05, 0) is 31.5 Å². The number of hydrogen-bond donors (Lipinski definition) is 2. The van der Waals surface area contributed by atoms with E-state index in [4.69, 9.17) is 4.74 Å². The van der Waals surface area contributed by atoms with Gasteiger partial charge in [0.2, 0.25) is 5.91 Å².